The first kappa shape index (κ1) is 14.5. The average molecular weight is 323 g/mol. The van der Waals surface area contributed by atoms with Gasteiger partial charge in [-0.1, -0.05) is 30.6 Å². The fourth-order valence-electron chi connectivity index (χ4n) is 2.36. The first-order valence-corrected chi connectivity index (χ1v) is 8.65. The number of anilines is 1. The van der Waals surface area contributed by atoms with Crippen molar-refractivity contribution in [2.45, 2.75) is 47.5 Å². The standard InChI is InChI=1S/C13H17N5OS2/c1-18-8-7-14-10(11(18)19)20-13-17-16-12(21-13)15-9-5-3-2-4-6-9/h7-9H,2-6H2,1H3,(H,15,16). The number of hydrogen-bond acceptors (Lipinski definition) is 7. The van der Waals surface area contributed by atoms with Crippen LogP contribution in [0.2, 0.25) is 0 Å². The third kappa shape index (κ3) is 3.62. The number of rotatable bonds is 4. The molecule has 0 radical (unpaired) electrons. The maximum absolute atomic E-state index is 11.9. The molecule has 6 nitrogen and oxygen atoms in total. The number of hydrogen-bond donors (Lipinski definition) is 1. The summed E-state index contributed by atoms with van der Waals surface area (Å²) in [6.45, 7) is 0. The van der Waals surface area contributed by atoms with Crippen molar-refractivity contribution in [3.63, 3.8) is 0 Å². The van der Waals surface area contributed by atoms with E-state index in [0.29, 0.717) is 11.1 Å². The normalized spacial score (nSPS) is 16.0. The van der Waals surface area contributed by atoms with Gasteiger partial charge in [0.2, 0.25) is 5.13 Å². The molecule has 21 heavy (non-hydrogen) atoms. The van der Waals surface area contributed by atoms with E-state index in [2.05, 4.69) is 20.5 Å². The van der Waals surface area contributed by atoms with E-state index >= 15 is 0 Å². The van der Waals surface area contributed by atoms with Gasteiger partial charge in [-0.15, -0.1) is 10.2 Å². The highest BCUT2D eigenvalue weighted by molar-refractivity contribution is 8.01. The maximum atomic E-state index is 11.9. The number of nitrogens with zero attached hydrogens (tertiary/aromatic N) is 4. The lowest BCUT2D eigenvalue weighted by molar-refractivity contribution is 0.462. The van der Waals surface area contributed by atoms with Crippen LogP contribution in [-0.4, -0.2) is 25.8 Å². The molecule has 1 aliphatic rings. The molecule has 0 spiro atoms. The lowest BCUT2D eigenvalue weighted by Crippen LogP contribution is -2.21. The van der Waals surface area contributed by atoms with Crippen molar-refractivity contribution in [3.8, 4) is 0 Å². The molecule has 112 valence electrons. The van der Waals surface area contributed by atoms with Crippen LogP contribution in [0.25, 0.3) is 0 Å². The topological polar surface area (TPSA) is 72.7 Å². The highest BCUT2D eigenvalue weighted by Crippen LogP contribution is 2.30. The van der Waals surface area contributed by atoms with Gasteiger partial charge in [0.25, 0.3) is 5.56 Å². The Labute approximate surface area is 131 Å². The Morgan fingerprint density at radius 1 is 1.33 bits per heavy atom. The van der Waals surface area contributed by atoms with Crippen molar-refractivity contribution in [2.75, 3.05) is 5.32 Å². The molecule has 0 saturated heterocycles. The summed E-state index contributed by atoms with van der Waals surface area (Å²) in [5.41, 5.74) is -0.112. The lowest BCUT2D eigenvalue weighted by Gasteiger charge is -2.21. The lowest BCUT2D eigenvalue weighted by atomic mass is 9.96. The van der Waals surface area contributed by atoms with Gasteiger partial charge in [0.15, 0.2) is 9.37 Å². The molecule has 2 aromatic rings. The Hall–Kier alpha value is -1.41. The van der Waals surface area contributed by atoms with E-state index in [9.17, 15) is 4.79 Å². The quantitative estimate of drug-likeness (QED) is 0.932. The first-order chi connectivity index (χ1) is 10.2. The number of aryl methyl sites for hydroxylation is 1. The van der Waals surface area contributed by atoms with E-state index in [4.69, 9.17) is 0 Å². The predicted octanol–water partition coefficient (Wildman–Crippen LogP) is 2.53. The molecule has 8 heteroatoms. The highest BCUT2D eigenvalue weighted by Gasteiger charge is 2.16. The third-order valence-corrected chi connectivity index (χ3v) is 5.39. The summed E-state index contributed by atoms with van der Waals surface area (Å²) in [6, 6.07) is 0.507. The maximum Gasteiger partial charge on any atom is 0.283 e. The highest BCUT2D eigenvalue weighted by atomic mass is 32.2. The molecule has 2 aromatic heterocycles. The van der Waals surface area contributed by atoms with Gasteiger partial charge in [-0.05, 0) is 24.6 Å². The molecular formula is C13H17N5OS2. The minimum atomic E-state index is -0.112. The molecule has 3 rings (SSSR count). The van der Waals surface area contributed by atoms with Crippen LogP contribution in [0.1, 0.15) is 32.1 Å². The monoisotopic (exact) mass is 323 g/mol. The Bertz CT molecular complexity index is 663. The molecule has 1 fully saturated rings. The molecule has 0 aliphatic heterocycles. The molecule has 1 saturated carbocycles. The van der Waals surface area contributed by atoms with Gasteiger partial charge in [0.05, 0.1) is 0 Å². The second-order valence-corrected chi connectivity index (χ2v) is 7.32. The molecule has 0 bridgehead atoms. The van der Waals surface area contributed by atoms with Gasteiger partial charge in [0, 0.05) is 25.5 Å². The van der Waals surface area contributed by atoms with Gasteiger partial charge < -0.3 is 9.88 Å². The summed E-state index contributed by atoms with van der Waals surface area (Å²) in [4.78, 5) is 16.0. The van der Waals surface area contributed by atoms with E-state index in [-0.39, 0.29) is 5.56 Å². The summed E-state index contributed by atoms with van der Waals surface area (Å²) in [5.74, 6) is 0. The van der Waals surface area contributed by atoms with Gasteiger partial charge in [-0.25, -0.2) is 4.98 Å². The fraction of sp³-hybridized carbons (Fsp3) is 0.538. The van der Waals surface area contributed by atoms with E-state index in [1.165, 1.54) is 59.8 Å². The predicted molar refractivity (Wildman–Crippen MR) is 84.0 cm³/mol. The van der Waals surface area contributed by atoms with Crippen LogP contribution in [0.15, 0.2) is 26.6 Å². The van der Waals surface area contributed by atoms with Gasteiger partial charge >= 0.3 is 0 Å². The minimum Gasteiger partial charge on any atom is -0.357 e. The molecule has 1 aliphatic carbocycles. The summed E-state index contributed by atoms with van der Waals surface area (Å²) in [6.07, 6.45) is 9.54. The van der Waals surface area contributed by atoms with Gasteiger partial charge in [0.1, 0.15) is 0 Å². The van der Waals surface area contributed by atoms with Crippen LogP contribution >= 0.6 is 23.1 Å². The van der Waals surface area contributed by atoms with Crippen molar-refractivity contribution in [1.29, 1.82) is 0 Å². The van der Waals surface area contributed by atoms with Crippen LogP contribution in [0.5, 0.6) is 0 Å². The Balaban J connectivity index is 1.67. The van der Waals surface area contributed by atoms with Crippen LogP contribution in [0.4, 0.5) is 5.13 Å². The Morgan fingerprint density at radius 3 is 2.95 bits per heavy atom. The number of aromatic nitrogens is 4. The summed E-state index contributed by atoms with van der Waals surface area (Å²) in [7, 11) is 1.71. The molecule has 0 aromatic carbocycles. The Morgan fingerprint density at radius 2 is 2.14 bits per heavy atom. The summed E-state index contributed by atoms with van der Waals surface area (Å²) >= 11 is 2.75. The zero-order chi connectivity index (χ0) is 14.7. The van der Waals surface area contributed by atoms with Crippen LogP contribution < -0.4 is 10.9 Å². The minimum absolute atomic E-state index is 0.112. The molecule has 0 atom stereocenters. The SMILES string of the molecule is Cn1ccnc(Sc2nnc(NC3CCCCC3)s2)c1=O. The molecule has 0 amide bonds. The first-order valence-electron chi connectivity index (χ1n) is 7.02. The average Bonchev–Trinajstić information content (AvgIpc) is 2.92. The fourth-order valence-corrected chi connectivity index (χ4v) is 4.14. The number of nitrogens with one attached hydrogen (secondary N) is 1. The largest absolute Gasteiger partial charge is 0.357 e. The second-order valence-electron chi connectivity index (χ2n) is 5.10. The summed E-state index contributed by atoms with van der Waals surface area (Å²) in [5, 5.41) is 13.0. The van der Waals surface area contributed by atoms with E-state index in [1.54, 1.807) is 19.4 Å². The molecule has 0 unspecified atom stereocenters. The van der Waals surface area contributed by atoms with Crippen LogP contribution in [0, 0.1) is 0 Å². The molecular weight excluding hydrogens is 306 g/mol. The van der Waals surface area contributed by atoms with Crippen molar-refractivity contribution in [2.24, 2.45) is 7.05 Å². The van der Waals surface area contributed by atoms with E-state index in [0.717, 1.165) is 9.47 Å². The zero-order valence-corrected chi connectivity index (χ0v) is 13.4. The van der Waals surface area contributed by atoms with Crippen molar-refractivity contribution < 1.29 is 0 Å². The van der Waals surface area contributed by atoms with Crippen molar-refractivity contribution in [3.05, 3.63) is 22.7 Å². The van der Waals surface area contributed by atoms with Crippen LogP contribution in [0.3, 0.4) is 0 Å². The molecule has 2 heterocycles. The smallest absolute Gasteiger partial charge is 0.283 e. The van der Waals surface area contributed by atoms with E-state index in [1.807, 2.05) is 0 Å². The van der Waals surface area contributed by atoms with Crippen molar-refractivity contribution >= 4 is 28.2 Å². The van der Waals surface area contributed by atoms with Crippen LogP contribution in [-0.2, 0) is 7.05 Å². The molecule has 1 N–H and O–H groups in total. The zero-order valence-electron chi connectivity index (χ0n) is 11.8. The van der Waals surface area contributed by atoms with Crippen molar-refractivity contribution in [1.82, 2.24) is 19.7 Å². The third-order valence-electron chi connectivity index (χ3n) is 3.51. The Kier molecular flexibility index (Phi) is 4.54. The second kappa shape index (κ2) is 6.57. The van der Waals surface area contributed by atoms with Gasteiger partial charge in [-0.3, -0.25) is 4.79 Å². The summed E-state index contributed by atoms with van der Waals surface area (Å²) < 4.78 is 2.25. The van der Waals surface area contributed by atoms with Gasteiger partial charge in [-0.2, -0.15) is 0 Å². The van der Waals surface area contributed by atoms with E-state index < -0.39 is 0 Å².